The maximum Gasteiger partial charge on any atom is 0.207 e. The molecule has 0 atom stereocenters. The summed E-state index contributed by atoms with van der Waals surface area (Å²) in [6.07, 6.45) is 1.53. The second-order valence-electron chi connectivity index (χ2n) is 6.45. The van der Waals surface area contributed by atoms with Gasteiger partial charge in [0.1, 0.15) is 0 Å². The van der Waals surface area contributed by atoms with Gasteiger partial charge in [-0.1, -0.05) is 35.9 Å². The summed E-state index contributed by atoms with van der Waals surface area (Å²) in [5.74, 6) is -0.137. The average Bonchev–Trinajstić information content (AvgIpc) is 2.63. The molecule has 1 aliphatic rings. The van der Waals surface area contributed by atoms with E-state index >= 15 is 0 Å². The first-order chi connectivity index (χ1) is 12.4. The molecule has 2 aromatic rings. The predicted octanol–water partition coefficient (Wildman–Crippen LogP) is 3.08. The first kappa shape index (κ1) is 18.9. The molecule has 0 spiro atoms. The Bertz CT molecular complexity index is 857. The molecular weight excluding hydrogens is 374 g/mol. The van der Waals surface area contributed by atoms with E-state index in [1.165, 1.54) is 0 Å². The smallest absolute Gasteiger partial charge is 0.207 e. The van der Waals surface area contributed by atoms with Gasteiger partial charge in [-0.05, 0) is 48.2 Å². The number of rotatable bonds is 6. The molecule has 0 radical (unpaired) electrons. The van der Waals surface area contributed by atoms with Crippen molar-refractivity contribution < 1.29 is 17.9 Å². The fraction of sp³-hybridized carbons (Fsp3) is 0.316. The van der Waals surface area contributed by atoms with Crippen molar-refractivity contribution in [2.75, 3.05) is 19.0 Å². The summed E-state index contributed by atoms with van der Waals surface area (Å²) in [5.41, 5.74) is 1.10. The van der Waals surface area contributed by atoms with Gasteiger partial charge in [-0.2, -0.15) is 0 Å². The lowest BCUT2D eigenvalue weighted by Crippen LogP contribution is -2.53. The van der Waals surface area contributed by atoms with Crippen LogP contribution in [0, 0.1) is 0 Å². The Hall–Kier alpha value is -1.89. The van der Waals surface area contributed by atoms with Crippen molar-refractivity contribution in [3.8, 4) is 11.1 Å². The lowest BCUT2D eigenvalue weighted by Gasteiger charge is -2.36. The van der Waals surface area contributed by atoms with Crippen molar-refractivity contribution in [1.29, 1.82) is 0 Å². The third-order valence-electron chi connectivity index (χ3n) is 4.67. The first-order valence-corrected chi connectivity index (χ1v) is 10.4. The molecule has 1 heterocycles. The molecule has 1 fully saturated rings. The Kier molecular flexibility index (Phi) is 5.65. The van der Waals surface area contributed by atoms with Gasteiger partial charge in [-0.3, -0.25) is 4.79 Å². The highest BCUT2D eigenvalue weighted by molar-refractivity contribution is 7.91. The summed E-state index contributed by atoms with van der Waals surface area (Å²) < 4.78 is 31.0. The summed E-state index contributed by atoms with van der Waals surface area (Å²) >= 11 is 5.90. The Labute approximate surface area is 158 Å². The van der Waals surface area contributed by atoms with Crippen LogP contribution < -0.4 is 5.32 Å². The first-order valence-electron chi connectivity index (χ1n) is 8.32. The van der Waals surface area contributed by atoms with Crippen molar-refractivity contribution >= 4 is 27.8 Å². The second kappa shape index (κ2) is 7.78. The van der Waals surface area contributed by atoms with Crippen LogP contribution in [0.3, 0.4) is 0 Å². The van der Waals surface area contributed by atoms with Gasteiger partial charge in [0.2, 0.25) is 6.41 Å². The third kappa shape index (κ3) is 4.26. The highest BCUT2D eigenvalue weighted by Crippen LogP contribution is 2.27. The van der Waals surface area contributed by atoms with E-state index in [0.717, 1.165) is 11.1 Å². The number of carbonyl (C=O) groups excluding carboxylic acids is 1. The Balaban J connectivity index is 1.82. The molecule has 138 valence electrons. The lowest BCUT2D eigenvalue weighted by atomic mass is 9.93. The van der Waals surface area contributed by atoms with Gasteiger partial charge >= 0.3 is 0 Å². The van der Waals surface area contributed by atoms with E-state index < -0.39 is 15.4 Å². The average molecular weight is 394 g/mol. The third-order valence-corrected chi connectivity index (χ3v) is 6.85. The van der Waals surface area contributed by atoms with Crippen LogP contribution in [0.25, 0.3) is 11.1 Å². The SMILES string of the molecule is O=CNC1(CS(=O)(=O)c2ccc(-c3ccc(Cl)cc3)cc2)CCOCC1. The Morgan fingerprint density at radius 3 is 2.08 bits per heavy atom. The number of sulfone groups is 1. The van der Waals surface area contributed by atoms with Crippen molar-refractivity contribution in [1.82, 2.24) is 5.32 Å². The van der Waals surface area contributed by atoms with E-state index in [4.69, 9.17) is 16.3 Å². The molecule has 5 nitrogen and oxygen atoms in total. The van der Waals surface area contributed by atoms with E-state index in [-0.39, 0.29) is 10.6 Å². The summed E-state index contributed by atoms with van der Waals surface area (Å²) in [4.78, 5) is 11.2. The molecule has 3 rings (SSSR count). The van der Waals surface area contributed by atoms with E-state index in [9.17, 15) is 13.2 Å². The minimum Gasteiger partial charge on any atom is -0.381 e. The molecule has 0 bridgehead atoms. The number of benzene rings is 2. The second-order valence-corrected chi connectivity index (χ2v) is 8.87. The quantitative estimate of drug-likeness (QED) is 0.765. The van der Waals surface area contributed by atoms with E-state index in [2.05, 4.69) is 5.32 Å². The highest BCUT2D eigenvalue weighted by Gasteiger charge is 2.37. The van der Waals surface area contributed by atoms with Crippen LogP contribution in [-0.4, -0.2) is 39.3 Å². The standard InChI is InChI=1S/C19H20ClNO4S/c20-17-5-1-15(2-6-17)16-3-7-18(8-4-16)26(23,24)13-19(21-14-22)9-11-25-12-10-19/h1-8,14H,9-13H2,(H,21,22). The normalized spacial score (nSPS) is 16.8. The van der Waals surface area contributed by atoms with Crippen LogP contribution in [0.2, 0.25) is 5.02 Å². The molecule has 26 heavy (non-hydrogen) atoms. The summed E-state index contributed by atoms with van der Waals surface area (Å²) in [7, 11) is -3.54. The zero-order valence-corrected chi connectivity index (χ0v) is 15.7. The van der Waals surface area contributed by atoms with Crippen LogP contribution in [0.15, 0.2) is 53.4 Å². The zero-order valence-electron chi connectivity index (χ0n) is 14.2. The monoisotopic (exact) mass is 393 g/mol. The fourth-order valence-corrected chi connectivity index (χ4v) is 5.10. The molecule has 0 aliphatic carbocycles. The van der Waals surface area contributed by atoms with Crippen molar-refractivity contribution in [2.45, 2.75) is 23.3 Å². The predicted molar refractivity (Wildman–Crippen MR) is 101 cm³/mol. The number of carbonyl (C=O) groups is 1. The van der Waals surface area contributed by atoms with Crippen LogP contribution in [0.5, 0.6) is 0 Å². The maximum absolute atomic E-state index is 12.9. The molecule has 1 N–H and O–H groups in total. The number of hydrogen-bond donors (Lipinski definition) is 1. The number of hydrogen-bond acceptors (Lipinski definition) is 4. The molecule has 2 aromatic carbocycles. The Morgan fingerprint density at radius 1 is 1.00 bits per heavy atom. The molecule has 0 saturated carbocycles. The van der Waals surface area contributed by atoms with Gasteiger partial charge in [0.15, 0.2) is 9.84 Å². The van der Waals surface area contributed by atoms with Crippen molar-refractivity contribution in [3.05, 3.63) is 53.6 Å². The van der Waals surface area contributed by atoms with Gasteiger partial charge in [0, 0.05) is 18.2 Å². The van der Waals surface area contributed by atoms with Gasteiger partial charge in [-0.25, -0.2) is 8.42 Å². The van der Waals surface area contributed by atoms with E-state index in [1.54, 1.807) is 36.4 Å². The summed E-state index contributed by atoms with van der Waals surface area (Å²) in [5, 5.41) is 3.36. The molecule has 0 unspecified atom stereocenters. The van der Waals surface area contributed by atoms with Crippen LogP contribution in [-0.2, 0) is 19.4 Å². The van der Waals surface area contributed by atoms with Gasteiger partial charge in [0.05, 0.1) is 16.2 Å². The number of nitrogens with one attached hydrogen (secondary N) is 1. The molecule has 1 aliphatic heterocycles. The summed E-state index contributed by atoms with van der Waals surface area (Å²) in [6, 6.07) is 14.1. The largest absolute Gasteiger partial charge is 0.381 e. The van der Waals surface area contributed by atoms with E-state index in [1.807, 2.05) is 12.1 Å². The molecule has 0 aromatic heterocycles. The highest BCUT2D eigenvalue weighted by atomic mass is 35.5. The van der Waals surface area contributed by atoms with Gasteiger partial charge in [-0.15, -0.1) is 0 Å². The molecule has 7 heteroatoms. The number of ether oxygens (including phenoxy) is 1. The van der Waals surface area contributed by atoms with Gasteiger partial charge < -0.3 is 10.1 Å². The minimum absolute atomic E-state index is 0.137. The fourth-order valence-electron chi connectivity index (χ4n) is 3.16. The molecule has 1 amide bonds. The van der Waals surface area contributed by atoms with Crippen LogP contribution in [0.4, 0.5) is 0 Å². The van der Waals surface area contributed by atoms with Gasteiger partial charge in [0.25, 0.3) is 0 Å². The maximum atomic E-state index is 12.9. The summed E-state index contributed by atoms with van der Waals surface area (Å²) in [6.45, 7) is 0.873. The lowest BCUT2D eigenvalue weighted by molar-refractivity contribution is -0.112. The number of halogens is 1. The minimum atomic E-state index is -3.54. The zero-order chi connectivity index (χ0) is 18.6. The number of amides is 1. The van der Waals surface area contributed by atoms with Crippen molar-refractivity contribution in [2.24, 2.45) is 0 Å². The topological polar surface area (TPSA) is 72.5 Å². The van der Waals surface area contributed by atoms with Crippen LogP contribution in [0.1, 0.15) is 12.8 Å². The molecule has 1 saturated heterocycles. The Morgan fingerprint density at radius 2 is 1.54 bits per heavy atom. The van der Waals surface area contributed by atoms with Crippen LogP contribution >= 0.6 is 11.6 Å². The molecular formula is C19H20ClNO4S. The van der Waals surface area contributed by atoms with E-state index in [0.29, 0.717) is 37.5 Å². The van der Waals surface area contributed by atoms with Crippen molar-refractivity contribution in [3.63, 3.8) is 0 Å².